The van der Waals surface area contributed by atoms with E-state index in [0.717, 1.165) is 24.8 Å². The number of carboxylic acid groups (broad SMARTS) is 1. The molecule has 0 heterocycles. The van der Waals surface area contributed by atoms with Crippen molar-refractivity contribution in [1.29, 1.82) is 0 Å². The van der Waals surface area contributed by atoms with E-state index >= 15 is 0 Å². The number of nitrogens with zero attached hydrogens (tertiary/aromatic N) is 1. The highest BCUT2D eigenvalue weighted by Crippen LogP contribution is 2.20. The number of aliphatic carboxylic acids is 1. The third kappa shape index (κ3) is 7.39. The molecule has 6 nitrogen and oxygen atoms in total. The van der Waals surface area contributed by atoms with Gasteiger partial charge in [-0.05, 0) is 67.7 Å². The number of nitrogens with one attached hydrogen (secondary N) is 1. The van der Waals surface area contributed by atoms with E-state index in [1.807, 2.05) is 48.5 Å². The number of carbonyl (C=O) groups excluding carboxylic acids is 1. The van der Waals surface area contributed by atoms with Crippen LogP contribution in [0.4, 0.5) is 5.69 Å². The molecule has 0 bridgehead atoms. The fourth-order valence-electron chi connectivity index (χ4n) is 3.33. The number of hydrogen-bond acceptors (Lipinski definition) is 4. The fraction of sp³-hybridized carbons (Fsp3) is 0.308. The predicted molar refractivity (Wildman–Crippen MR) is 129 cm³/mol. The Kier molecular flexibility index (Phi) is 9.22. The van der Waals surface area contributed by atoms with Crippen LogP contribution in [0.2, 0.25) is 0 Å². The molecule has 0 aromatic heterocycles. The number of benzene rings is 2. The number of rotatable bonds is 11. The third-order valence-electron chi connectivity index (χ3n) is 5.31. The Morgan fingerprint density at radius 2 is 1.62 bits per heavy atom. The van der Waals surface area contributed by atoms with Gasteiger partial charge in [0, 0.05) is 16.9 Å². The van der Waals surface area contributed by atoms with E-state index in [9.17, 15) is 9.59 Å². The lowest BCUT2D eigenvalue weighted by Crippen LogP contribution is -2.30. The van der Waals surface area contributed by atoms with Gasteiger partial charge in [-0.25, -0.2) is 5.84 Å². The molecule has 0 saturated carbocycles. The number of hydrazine groups is 1. The minimum absolute atomic E-state index is 0.126. The summed E-state index contributed by atoms with van der Waals surface area (Å²) in [4.78, 5) is 23.6. The van der Waals surface area contributed by atoms with Crippen molar-refractivity contribution in [2.75, 3.05) is 5.32 Å². The van der Waals surface area contributed by atoms with Crippen LogP contribution in [0.15, 0.2) is 72.0 Å². The van der Waals surface area contributed by atoms with Crippen LogP contribution >= 0.6 is 0 Å². The number of nitrogens with two attached hydrogens (primary N) is 1. The molecule has 4 N–H and O–H groups in total. The topological polar surface area (TPSA) is 95.7 Å². The van der Waals surface area contributed by atoms with Crippen LogP contribution in [-0.4, -0.2) is 22.0 Å². The molecular formula is C26H33N3O3. The van der Waals surface area contributed by atoms with Crippen LogP contribution in [0.5, 0.6) is 0 Å². The quantitative estimate of drug-likeness (QED) is 0.253. The lowest BCUT2D eigenvalue weighted by atomic mass is 10.0. The van der Waals surface area contributed by atoms with Gasteiger partial charge in [-0.3, -0.25) is 9.59 Å². The summed E-state index contributed by atoms with van der Waals surface area (Å²) in [6.45, 7) is 9.97. The molecule has 32 heavy (non-hydrogen) atoms. The first-order valence-corrected chi connectivity index (χ1v) is 10.8. The van der Waals surface area contributed by atoms with Gasteiger partial charge in [-0.1, -0.05) is 49.8 Å². The van der Waals surface area contributed by atoms with Crippen molar-refractivity contribution in [1.82, 2.24) is 5.01 Å². The molecule has 170 valence electrons. The molecular weight excluding hydrogens is 402 g/mol. The molecule has 2 rings (SSSR count). The van der Waals surface area contributed by atoms with Gasteiger partial charge < -0.3 is 15.4 Å². The van der Waals surface area contributed by atoms with Gasteiger partial charge in [-0.2, -0.15) is 0 Å². The highest BCUT2D eigenvalue weighted by molar-refractivity contribution is 6.04. The van der Waals surface area contributed by atoms with Crippen molar-refractivity contribution in [3.63, 3.8) is 0 Å². The number of allylic oxidation sites excluding steroid dienone is 2. The molecule has 2 aromatic carbocycles. The highest BCUT2D eigenvalue weighted by Gasteiger charge is 2.13. The molecule has 2 aromatic rings. The summed E-state index contributed by atoms with van der Waals surface area (Å²) in [5.41, 5.74) is 5.44. The smallest absolute Gasteiger partial charge is 0.307 e. The lowest BCUT2D eigenvalue weighted by molar-refractivity contribution is -0.136. The summed E-state index contributed by atoms with van der Waals surface area (Å²) < 4.78 is 0. The molecule has 0 radical (unpaired) electrons. The molecule has 0 fully saturated rings. The highest BCUT2D eigenvalue weighted by atomic mass is 16.4. The molecule has 0 saturated heterocycles. The fourth-order valence-corrected chi connectivity index (χ4v) is 3.33. The van der Waals surface area contributed by atoms with Gasteiger partial charge in [0.2, 0.25) is 0 Å². The molecule has 0 aliphatic heterocycles. The van der Waals surface area contributed by atoms with Crippen molar-refractivity contribution in [2.45, 2.75) is 53.0 Å². The van der Waals surface area contributed by atoms with E-state index in [1.165, 1.54) is 10.6 Å². The molecule has 0 atom stereocenters. The molecule has 0 unspecified atom stereocenters. The van der Waals surface area contributed by atoms with Crippen molar-refractivity contribution in [3.05, 3.63) is 88.6 Å². The van der Waals surface area contributed by atoms with Gasteiger partial charge in [-0.15, -0.1) is 0 Å². The minimum Gasteiger partial charge on any atom is -0.481 e. The molecule has 0 spiro atoms. The summed E-state index contributed by atoms with van der Waals surface area (Å²) >= 11 is 0. The molecule has 6 heteroatoms. The van der Waals surface area contributed by atoms with Crippen molar-refractivity contribution >= 4 is 17.6 Å². The van der Waals surface area contributed by atoms with E-state index in [-0.39, 0.29) is 12.3 Å². The van der Waals surface area contributed by atoms with E-state index < -0.39 is 5.97 Å². The Morgan fingerprint density at radius 1 is 1.03 bits per heavy atom. The van der Waals surface area contributed by atoms with Crippen LogP contribution in [0.3, 0.4) is 0 Å². The second-order valence-electron chi connectivity index (χ2n) is 7.99. The third-order valence-corrected chi connectivity index (χ3v) is 5.31. The molecule has 0 aliphatic rings. The van der Waals surface area contributed by atoms with Crippen molar-refractivity contribution < 1.29 is 14.7 Å². The zero-order valence-corrected chi connectivity index (χ0v) is 19.1. The largest absolute Gasteiger partial charge is 0.481 e. The Labute approximate surface area is 190 Å². The van der Waals surface area contributed by atoms with Gasteiger partial charge in [0.05, 0.1) is 13.0 Å². The van der Waals surface area contributed by atoms with Gasteiger partial charge in [0.1, 0.15) is 0 Å². The normalized spacial score (nSPS) is 11.5. The van der Waals surface area contributed by atoms with Crippen LogP contribution in [-0.2, 0) is 17.8 Å². The molecule has 0 aliphatic carbocycles. The monoisotopic (exact) mass is 435 g/mol. The van der Waals surface area contributed by atoms with Gasteiger partial charge >= 0.3 is 5.97 Å². The van der Waals surface area contributed by atoms with E-state index in [1.54, 1.807) is 13.8 Å². The Hall–Kier alpha value is -3.38. The summed E-state index contributed by atoms with van der Waals surface area (Å²) in [5, 5.41) is 13.5. The maximum Gasteiger partial charge on any atom is 0.307 e. The summed E-state index contributed by atoms with van der Waals surface area (Å²) in [5.74, 6) is 5.09. The predicted octanol–water partition coefficient (Wildman–Crippen LogP) is 5.28. The average Bonchev–Trinajstić information content (AvgIpc) is 2.76. The first kappa shape index (κ1) is 24.9. The van der Waals surface area contributed by atoms with Gasteiger partial charge in [0.15, 0.2) is 0 Å². The Morgan fingerprint density at radius 3 is 2.16 bits per heavy atom. The van der Waals surface area contributed by atoms with Crippen LogP contribution in [0, 0.1) is 0 Å². The SMILES string of the molecule is C=C(C)/C(CC(=O)O)=C(/C)N(N)Cc1ccc(NC(=O)c2ccc(CCCC)cc2)cc1. The summed E-state index contributed by atoms with van der Waals surface area (Å²) in [6, 6.07) is 15.1. The second-order valence-corrected chi connectivity index (χ2v) is 7.99. The number of anilines is 1. The van der Waals surface area contributed by atoms with Crippen LogP contribution in [0.1, 0.15) is 61.5 Å². The van der Waals surface area contributed by atoms with Crippen LogP contribution in [0.25, 0.3) is 0 Å². The van der Waals surface area contributed by atoms with E-state index in [4.69, 9.17) is 10.9 Å². The number of hydrogen-bond donors (Lipinski definition) is 3. The van der Waals surface area contributed by atoms with Gasteiger partial charge in [0.25, 0.3) is 5.91 Å². The maximum atomic E-state index is 12.5. The van der Waals surface area contributed by atoms with Crippen molar-refractivity contribution in [2.24, 2.45) is 5.84 Å². The Balaban J connectivity index is 2.01. The second kappa shape index (κ2) is 11.9. The molecule has 1 amide bonds. The number of aryl methyl sites for hydroxylation is 1. The maximum absolute atomic E-state index is 12.5. The summed E-state index contributed by atoms with van der Waals surface area (Å²) in [6.07, 6.45) is 3.19. The summed E-state index contributed by atoms with van der Waals surface area (Å²) in [7, 11) is 0. The standard InChI is InChI=1S/C26H33N3O3/c1-5-6-7-20-8-12-22(13-9-20)26(32)28-23-14-10-21(11-15-23)17-29(27)19(4)24(18(2)3)16-25(30)31/h8-15H,2,5-7,16-17,27H2,1,3-4H3,(H,28,32)(H,30,31)/b24-19-. The van der Waals surface area contributed by atoms with E-state index in [0.29, 0.717) is 34.6 Å². The average molecular weight is 436 g/mol. The zero-order valence-electron chi connectivity index (χ0n) is 19.1. The van der Waals surface area contributed by atoms with E-state index in [2.05, 4.69) is 18.8 Å². The number of carbonyl (C=O) groups is 2. The first-order chi connectivity index (χ1) is 15.2. The van der Waals surface area contributed by atoms with Crippen LogP contribution < -0.4 is 11.2 Å². The lowest BCUT2D eigenvalue weighted by Gasteiger charge is -2.23. The number of unbranched alkanes of at least 4 members (excludes halogenated alkanes) is 1. The Bertz CT molecular complexity index is 976. The van der Waals surface area contributed by atoms with Crippen molar-refractivity contribution in [3.8, 4) is 0 Å². The number of carboxylic acids is 1. The minimum atomic E-state index is -0.925. The first-order valence-electron chi connectivity index (χ1n) is 10.8. The zero-order chi connectivity index (χ0) is 23.7. The number of amides is 1.